The molecule has 1 rings (SSSR count). The van der Waals surface area contributed by atoms with Crippen LogP contribution in [0.15, 0.2) is 12.7 Å². The van der Waals surface area contributed by atoms with Gasteiger partial charge in [0.25, 0.3) is 0 Å². The van der Waals surface area contributed by atoms with E-state index in [1.165, 1.54) is 12.8 Å². The first-order valence-electron chi connectivity index (χ1n) is 4.18. The molecule has 0 spiro atoms. The molecule has 0 aromatic heterocycles. The highest BCUT2D eigenvalue weighted by atomic mass is 14.4. The lowest BCUT2D eigenvalue weighted by molar-refractivity contribution is 0.0704. The van der Waals surface area contributed by atoms with Gasteiger partial charge in [-0.25, -0.2) is 0 Å². The van der Waals surface area contributed by atoms with Crippen molar-refractivity contribution in [2.45, 2.75) is 33.6 Å². The summed E-state index contributed by atoms with van der Waals surface area (Å²) in [5.74, 6) is 1.65. The number of rotatable bonds is 2. The molecule has 0 amide bonds. The van der Waals surface area contributed by atoms with Crippen LogP contribution >= 0.6 is 0 Å². The van der Waals surface area contributed by atoms with Crippen LogP contribution in [0.3, 0.4) is 0 Å². The summed E-state index contributed by atoms with van der Waals surface area (Å²) < 4.78 is 0. The van der Waals surface area contributed by atoms with Crippen LogP contribution in [0.2, 0.25) is 0 Å². The Hall–Kier alpha value is -0.260. The lowest BCUT2D eigenvalue weighted by atomic mass is 9.61. The lowest BCUT2D eigenvalue weighted by Crippen LogP contribution is -2.34. The summed E-state index contributed by atoms with van der Waals surface area (Å²) in [6.45, 7) is 10.8. The van der Waals surface area contributed by atoms with Crippen molar-refractivity contribution in [3.63, 3.8) is 0 Å². The molecule has 0 heteroatoms. The highest BCUT2D eigenvalue weighted by Gasteiger charge is 2.37. The van der Waals surface area contributed by atoms with Gasteiger partial charge < -0.3 is 0 Å². The van der Waals surface area contributed by atoms with Gasteiger partial charge in [0.05, 0.1) is 0 Å². The third kappa shape index (κ3) is 1.42. The summed E-state index contributed by atoms with van der Waals surface area (Å²) in [6.07, 6.45) is 4.86. The second kappa shape index (κ2) is 2.41. The van der Waals surface area contributed by atoms with Gasteiger partial charge in [-0.2, -0.15) is 0 Å². The molecule has 0 bridgehead atoms. The highest BCUT2D eigenvalue weighted by molar-refractivity contribution is 4.94. The van der Waals surface area contributed by atoms with Crippen molar-refractivity contribution >= 4 is 0 Å². The van der Waals surface area contributed by atoms with Crippen LogP contribution in [0, 0.1) is 17.3 Å². The third-order valence-electron chi connectivity index (χ3n) is 2.74. The maximum absolute atomic E-state index is 3.81. The zero-order valence-electron chi connectivity index (χ0n) is 7.35. The lowest BCUT2D eigenvalue weighted by Gasteiger charge is -2.45. The number of hydrogen-bond acceptors (Lipinski definition) is 0. The van der Waals surface area contributed by atoms with E-state index < -0.39 is 0 Å². The smallest absolute Gasteiger partial charge is 0.0236 e. The van der Waals surface area contributed by atoms with E-state index in [0.717, 1.165) is 11.8 Å². The van der Waals surface area contributed by atoms with Crippen LogP contribution < -0.4 is 0 Å². The van der Waals surface area contributed by atoms with Crippen LogP contribution in [-0.4, -0.2) is 0 Å². The molecule has 1 saturated carbocycles. The minimum Gasteiger partial charge on any atom is -0.103 e. The second-order valence-corrected chi connectivity index (χ2v) is 4.43. The normalized spacial score (nSPS) is 27.1. The molecule has 0 radical (unpaired) electrons. The van der Waals surface area contributed by atoms with E-state index >= 15 is 0 Å². The quantitative estimate of drug-likeness (QED) is 0.514. The molecule has 0 heterocycles. The Morgan fingerprint density at radius 1 is 1.50 bits per heavy atom. The van der Waals surface area contributed by atoms with Crippen LogP contribution in [0.5, 0.6) is 0 Å². The van der Waals surface area contributed by atoms with Crippen molar-refractivity contribution in [3.8, 4) is 0 Å². The molecule has 0 saturated heterocycles. The Morgan fingerprint density at radius 2 is 2.00 bits per heavy atom. The fraction of sp³-hybridized carbons (Fsp3) is 0.800. The molecule has 1 unspecified atom stereocenters. The molecule has 58 valence electrons. The first kappa shape index (κ1) is 7.84. The molecular formula is C10H18. The fourth-order valence-electron chi connectivity index (χ4n) is 1.92. The van der Waals surface area contributed by atoms with Crippen molar-refractivity contribution in [2.24, 2.45) is 17.3 Å². The molecule has 0 aliphatic heterocycles. The van der Waals surface area contributed by atoms with E-state index in [-0.39, 0.29) is 0 Å². The average molecular weight is 138 g/mol. The SMILES string of the molecule is C=CC(C)C1CC(C)(C)C1. The summed E-state index contributed by atoms with van der Waals surface area (Å²) in [4.78, 5) is 0. The van der Waals surface area contributed by atoms with Crippen LogP contribution in [0.1, 0.15) is 33.6 Å². The van der Waals surface area contributed by atoms with Crippen molar-refractivity contribution in [2.75, 3.05) is 0 Å². The monoisotopic (exact) mass is 138 g/mol. The van der Waals surface area contributed by atoms with Gasteiger partial charge in [-0.15, -0.1) is 6.58 Å². The molecule has 10 heavy (non-hydrogen) atoms. The molecule has 0 aromatic rings. The van der Waals surface area contributed by atoms with Gasteiger partial charge in [0.1, 0.15) is 0 Å². The predicted octanol–water partition coefficient (Wildman–Crippen LogP) is 3.24. The molecule has 0 N–H and O–H groups in total. The van der Waals surface area contributed by atoms with Gasteiger partial charge in [-0.1, -0.05) is 26.8 Å². The average Bonchev–Trinajstić information content (AvgIpc) is 1.81. The van der Waals surface area contributed by atoms with E-state index in [9.17, 15) is 0 Å². The van der Waals surface area contributed by atoms with Crippen molar-refractivity contribution in [3.05, 3.63) is 12.7 Å². The zero-order valence-corrected chi connectivity index (χ0v) is 7.35. The Kier molecular flexibility index (Phi) is 1.89. The molecular weight excluding hydrogens is 120 g/mol. The number of allylic oxidation sites excluding steroid dienone is 1. The van der Waals surface area contributed by atoms with Gasteiger partial charge in [0.2, 0.25) is 0 Å². The Morgan fingerprint density at radius 3 is 2.30 bits per heavy atom. The summed E-state index contributed by atoms with van der Waals surface area (Å²) in [5, 5.41) is 0. The largest absolute Gasteiger partial charge is 0.103 e. The first-order chi connectivity index (χ1) is 4.55. The molecule has 1 aliphatic rings. The zero-order chi connectivity index (χ0) is 7.78. The third-order valence-corrected chi connectivity index (χ3v) is 2.74. The maximum atomic E-state index is 3.81. The molecule has 1 fully saturated rings. The first-order valence-corrected chi connectivity index (χ1v) is 4.18. The molecule has 1 atom stereocenters. The summed E-state index contributed by atoms with van der Waals surface area (Å²) >= 11 is 0. The standard InChI is InChI=1S/C10H18/c1-5-8(2)9-6-10(3,4)7-9/h5,8-9H,1,6-7H2,2-4H3. The maximum Gasteiger partial charge on any atom is -0.0236 e. The van der Waals surface area contributed by atoms with E-state index in [2.05, 4.69) is 33.4 Å². The van der Waals surface area contributed by atoms with Crippen LogP contribution in [-0.2, 0) is 0 Å². The predicted molar refractivity (Wildman–Crippen MR) is 45.9 cm³/mol. The fourth-order valence-corrected chi connectivity index (χ4v) is 1.92. The van der Waals surface area contributed by atoms with Crippen molar-refractivity contribution < 1.29 is 0 Å². The van der Waals surface area contributed by atoms with E-state index in [1.54, 1.807) is 0 Å². The van der Waals surface area contributed by atoms with Gasteiger partial charge >= 0.3 is 0 Å². The summed E-state index contributed by atoms with van der Waals surface area (Å²) in [7, 11) is 0. The van der Waals surface area contributed by atoms with Gasteiger partial charge in [-0.05, 0) is 30.1 Å². The van der Waals surface area contributed by atoms with E-state index in [4.69, 9.17) is 0 Å². The Bertz CT molecular complexity index is 125. The van der Waals surface area contributed by atoms with Gasteiger partial charge in [0.15, 0.2) is 0 Å². The summed E-state index contributed by atoms with van der Waals surface area (Å²) in [5.41, 5.74) is 0.627. The Balaban J connectivity index is 2.32. The summed E-state index contributed by atoms with van der Waals surface area (Å²) in [6, 6.07) is 0. The molecule has 0 aromatic carbocycles. The minimum absolute atomic E-state index is 0.627. The highest BCUT2D eigenvalue weighted by Crippen LogP contribution is 2.48. The van der Waals surface area contributed by atoms with E-state index in [0.29, 0.717) is 5.41 Å². The number of hydrogen-bond donors (Lipinski definition) is 0. The topological polar surface area (TPSA) is 0 Å². The van der Waals surface area contributed by atoms with Crippen molar-refractivity contribution in [1.82, 2.24) is 0 Å². The molecule has 0 nitrogen and oxygen atoms in total. The Labute approximate surface area is 64.3 Å². The molecule has 1 aliphatic carbocycles. The van der Waals surface area contributed by atoms with Crippen LogP contribution in [0.25, 0.3) is 0 Å². The van der Waals surface area contributed by atoms with Gasteiger partial charge in [0, 0.05) is 0 Å². The van der Waals surface area contributed by atoms with Crippen LogP contribution in [0.4, 0.5) is 0 Å². The van der Waals surface area contributed by atoms with E-state index in [1.807, 2.05) is 0 Å². The van der Waals surface area contributed by atoms with Gasteiger partial charge in [-0.3, -0.25) is 0 Å². The minimum atomic E-state index is 0.627. The van der Waals surface area contributed by atoms with Crippen molar-refractivity contribution in [1.29, 1.82) is 0 Å². The second-order valence-electron chi connectivity index (χ2n) is 4.43.